The maximum atomic E-state index is 13.9. The molecule has 2 aromatic carbocycles. The predicted molar refractivity (Wildman–Crippen MR) is 147 cm³/mol. The Balaban J connectivity index is 1.14. The summed E-state index contributed by atoms with van der Waals surface area (Å²) in [7, 11) is 0. The van der Waals surface area contributed by atoms with Gasteiger partial charge in [0.2, 0.25) is 5.91 Å². The summed E-state index contributed by atoms with van der Waals surface area (Å²) >= 11 is 6.13. The van der Waals surface area contributed by atoms with E-state index in [0.717, 1.165) is 34.2 Å². The van der Waals surface area contributed by atoms with E-state index in [9.17, 15) is 14.4 Å². The average molecular weight is 531 g/mol. The Hall–Kier alpha value is -3.45. The minimum absolute atomic E-state index is 0.00772. The third-order valence-corrected chi connectivity index (χ3v) is 8.52. The molecule has 3 atom stereocenters. The molecule has 8 heteroatoms. The topological polar surface area (TPSA) is 86.4 Å². The zero-order chi connectivity index (χ0) is 26.8. The number of H-pyrrole nitrogens is 1. The first-order chi connectivity index (χ1) is 18.1. The highest BCUT2D eigenvalue weighted by Crippen LogP contribution is 2.38. The van der Waals surface area contributed by atoms with E-state index in [2.05, 4.69) is 9.97 Å². The number of nitrogens with one attached hydrogen (secondary N) is 1. The van der Waals surface area contributed by atoms with Crippen molar-refractivity contribution in [3.8, 4) is 0 Å². The van der Waals surface area contributed by atoms with Crippen LogP contribution in [0.15, 0.2) is 48.0 Å². The molecule has 0 unspecified atom stereocenters. The fourth-order valence-electron chi connectivity index (χ4n) is 6.14. The molecule has 7 nitrogen and oxygen atoms in total. The van der Waals surface area contributed by atoms with Crippen molar-refractivity contribution in [2.75, 3.05) is 13.1 Å². The Morgan fingerprint density at radius 2 is 1.82 bits per heavy atom. The van der Waals surface area contributed by atoms with Crippen LogP contribution in [0.3, 0.4) is 0 Å². The molecule has 1 N–H and O–H groups in total. The van der Waals surface area contributed by atoms with Gasteiger partial charge in [0.15, 0.2) is 11.6 Å². The SMILES string of the molecule is CC(C)(C)[C@H](CC(=O)C1=Cc2cc(Cl)ccc2C1)C(=O)N1C[C@@H]2C[C@H]1CN2C(=O)c1nc2ccccc2[nH]1. The number of allylic oxidation sites excluding steroid dienone is 1. The number of halogens is 1. The van der Waals surface area contributed by atoms with Gasteiger partial charge in [-0.2, -0.15) is 0 Å². The molecule has 3 aliphatic rings. The maximum Gasteiger partial charge on any atom is 0.290 e. The number of aromatic nitrogens is 2. The summed E-state index contributed by atoms with van der Waals surface area (Å²) in [5.74, 6) is -0.217. The van der Waals surface area contributed by atoms with Gasteiger partial charge in [-0.3, -0.25) is 14.4 Å². The van der Waals surface area contributed by atoms with Crippen LogP contribution >= 0.6 is 11.6 Å². The van der Waals surface area contributed by atoms with Gasteiger partial charge in [0.25, 0.3) is 5.91 Å². The van der Waals surface area contributed by atoms with Crippen molar-refractivity contribution < 1.29 is 14.4 Å². The Kier molecular flexibility index (Phi) is 5.94. The first-order valence-corrected chi connectivity index (χ1v) is 13.5. The molecule has 0 radical (unpaired) electrons. The van der Waals surface area contributed by atoms with E-state index >= 15 is 0 Å². The van der Waals surface area contributed by atoms with Gasteiger partial charge in [-0.05, 0) is 53.3 Å². The van der Waals surface area contributed by atoms with Gasteiger partial charge >= 0.3 is 0 Å². The van der Waals surface area contributed by atoms with Gasteiger partial charge in [-0.1, -0.05) is 50.6 Å². The standard InChI is InChI=1S/C30H31ClN4O3/c1-30(2,3)23(14-26(36)19-10-17-8-9-20(31)12-18(17)11-19)28(37)34-15-22-13-21(34)16-35(22)29(38)27-32-24-6-4-5-7-25(24)33-27/h4-9,11-12,21-23H,10,13-16H2,1-3H3,(H,32,33)/t21-,22-,23+/m0/s1. The highest BCUT2D eigenvalue weighted by Gasteiger charge is 2.50. The lowest BCUT2D eigenvalue weighted by Gasteiger charge is -2.38. The minimum Gasteiger partial charge on any atom is -0.336 e. The molecular weight excluding hydrogens is 500 g/mol. The summed E-state index contributed by atoms with van der Waals surface area (Å²) in [6.45, 7) is 7.03. The van der Waals surface area contributed by atoms with E-state index in [1.165, 1.54) is 0 Å². The number of aromatic amines is 1. The number of imidazole rings is 1. The summed E-state index contributed by atoms with van der Waals surface area (Å²) in [6, 6.07) is 13.2. The Morgan fingerprint density at radius 1 is 1.08 bits per heavy atom. The highest BCUT2D eigenvalue weighted by atomic mass is 35.5. The van der Waals surface area contributed by atoms with Crippen molar-refractivity contribution in [2.45, 2.75) is 52.1 Å². The number of carbonyl (C=O) groups excluding carboxylic acids is 3. The molecule has 3 aromatic rings. The number of hydrogen-bond donors (Lipinski definition) is 1. The quantitative estimate of drug-likeness (QED) is 0.508. The lowest BCUT2D eigenvalue weighted by Crippen LogP contribution is -2.53. The van der Waals surface area contributed by atoms with Crippen LogP contribution in [0.4, 0.5) is 0 Å². The molecule has 2 fully saturated rings. The molecule has 38 heavy (non-hydrogen) atoms. The molecule has 1 aliphatic carbocycles. The fraction of sp³-hybridized carbons (Fsp3) is 0.400. The lowest BCUT2D eigenvalue weighted by atomic mass is 9.76. The number of piperazine rings is 1. The fourth-order valence-corrected chi connectivity index (χ4v) is 6.32. The van der Waals surface area contributed by atoms with E-state index in [1.54, 1.807) is 0 Å². The number of ketones is 1. The smallest absolute Gasteiger partial charge is 0.290 e. The number of Topliss-reactive ketones (excluding diaryl/α,β-unsaturated/α-hetero) is 1. The molecule has 2 bridgehead atoms. The van der Waals surface area contributed by atoms with Crippen molar-refractivity contribution in [3.63, 3.8) is 0 Å². The van der Waals surface area contributed by atoms with E-state index < -0.39 is 5.92 Å². The molecule has 2 saturated heterocycles. The van der Waals surface area contributed by atoms with E-state index in [-0.39, 0.29) is 41.5 Å². The summed E-state index contributed by atoms with van der Waals surface area (Å²) in [6.07, 6.45) is 3.41. The molecule has 2 aliphatic heterocycles. The number of para-hydroxylation sites is 2. The van der Waals surface area contributed by atoms with Crippen molar-refractivity contribution >= 4 is 46.3 Å². The highest BCUT2D eigenvalue weighted by molar-refractivity contribution is 6.30. The monoisotopic (exact) mass is 530 g/mol. The second-order valence-corrected chi connectivity index (χ2v) is 12.3. The van der Waals surface area contributed by atoms with Crippen LogP contribution in [-0.4, -0.2) is 62.5 Å². The van der Waals surface area contributed by atoms with E-state index in [4.69, 9.17) is 11.6 Å². The molecule has 0 saturated carbocycles. The number of fused-ring (bicyclic) bond motifs is 4. The normalized spacial score (nSPS) is 21.1. The number of amides is 2. The minimum atomic E-state index is -0.443. The number of nitrogens with zero attached hydrogens (tertiary/aromatic N) is 3. The van der Waals surface area contributed by atoms with Gasteiger partial charge in [0.05, 0.1) is 29.0 Å². The van der Waals surface area contributed by atoms with Crippen LogP contribution in [0.1, 0.15) is 55.4 Å². The third-order valence-electron chi connectivity index (χ3n) is 8.29. The van der Waals surface area contributed by atoms with Crippen molar-refractivity contribution in [3.05, 3.63) is 70.0 Å². The van der Waals surface area contributed by atoms with Gasteiger partial charge in [0, 0.05) is 36.5 Å². The molecular formula is C30H31ClN4O3. The largest absolute Gasteiger partial charge is 0.336 e. The summed E-state index contributed by atoms with van der Waals surface area (Å²) in [4.78, 5) is 51.8. The van der Waals surface area contributed by atoms with Crippen molar-refractivity contribution in [1.82, 2.24) is 19.8 Å². The first kappa shape index (κ1) is 24.9. The lowest BCUT2D eigenvalue weighted by molar-refractivity contribution is -0.143. The Bertz CT molecular complexity index is 1470. The van der Waals surface area contributed by atoms with Gasteiger partial charge in [-0.15, -0.1) is 0 Å². The van der Waals surface area contributed by atoms with E-state index in [1.807, 2.05) is 79.1 Å². The van der Waals surface area contributed by atoms with E-state index in [0.29, 0.717) is 30.4 Å². The maximum absolute atomic E-state index is 13.9. The summed E-state index contributed by atoms with van der Waals surface area (Å²) in [5.41, 5.74) is 4.01. The van der Waals surface area contributed by atoms with Crippen LogP contribution in [0.25, 0.3) is 17.1 Å². The van der Waals surface area contributed by atoms with Gasteiger partial charge in [-0.25, -0.2) is 4.98 Å². The molecule has 196 valence electrons. The number of likely N-dealkylation sites (tertiary alicyclic amines) is 2. The van der Waals surface area contributed by atoms with Crippen molar-refractivity contribution in [1.29, 1.82) is 0 Å². The molecule has 1 aromatic heterocycles. The van der Waals surface area contributed by atoms with Gasteiger partial charge < -0.3 is 14.8 Å². The van der Waals surface area contributed by atoms with Crippen LogP contribution in [-0.2, 0) is 16.0 Å². The molecule has 2 amide bonds. The zero-order valence-corrected chi connectivity index (χ0v) is 22.6. The predicted octanol–water partition coefficient (Wildman–Crippen LogP) is 4.90. The molecule has 6 rings (SSSR count). The van der Waals surface area contributed by atoms with Crippen LogP contribution in [0.5, 0.6) is 0 Å². The zero-order valence-electron chi connectivity index (χ0n) is 21.8. The van der Waals surface area contributed by atoms with Crippen molar-refractivity contribution in [2.24, 2.45) is 11.3 Å². The number of benzene rings is 2. The second-order valence-electron chi connectivity index (χ2n) is 11.8. The Labute approximate surface area is 226 Å². The van der Waals surface area contributed by atoms with Crippen LogP contribution < -0.4 is 0 Å². The first-order valence-electron chi connectivity index (χ1n) is 13.2. The molecule has 0 spiro atoms. The average Bonchev–Trinajstić information content (AvgIpc) is 3.66. The molecule has 3 heterocycles. The number of carbonyl (C=O) groups is 3. The van der Waals surface area contributed by atoms with Crippen LogP contribution in [0, 0.1) is 11.3 Å². The summed E-state index contributed by atoms with van der Waals surface area (Å²) in [5, 5.41) is 0.647. The van der Waals surface area contributed by atoms with Gasteiger partial charge in [0.1, 0.15) is 0 Å². The number of rotatable bonds is 5. The Morgan fingerprint density at radius 3 is 2.53 bits per heavy atom. The summed E-state index contributed by atoms with van der Waals surface area (Å²) < 4.78 is 0. The number of hydrogen-bond acceptors (Lipinski definition) is 4. The second kappa shape index (κ2) is 9.09. The van der Waals surface area contributed by atoms with Crippen LogP contribution in [0.2, 0.25) is 5.02 Å². The third kappa shape index (κ3) is 4.33.